The zero-order valence-electron chi connectivity index (χ0n) is 10.4. The van der Waals surface area contributed by atoms with E-state index in [2.05, 4.69) is 21.9 Å². The van der Waals surface area contributed by atoms with E-state index in [4.69, 9.17) is 5.73 Å². The summed E-state index contributed by atoms with van der Waals surface area (Å²) in [5.74, 6) is 1.23. The van der Waals surface area contributed by atoms with Crippen LogP contribution < -0.4 is 5.73 Å². The highest BCUT2D eigenvalue weighted by molar-refractivity contribution is 5.62. The SMILES string of the molecule is CCc1cnccc1-c1nc(C)c(C)c(N)n1. The van der Waals surface area contributed by atoms with Crippen LogP contribution in [-0.4, -0.2) is 15.0 Å². The summed E-state index contributed by atoms with van der Waals surface area (Å²) in [4.78, 5) is 13.0. The van der Waals surface area contributed by atoms with Crippen LogP contribution in [0.15, 0.2) is 18.5 Å². The molecule has 0 aromatic carbocycles. The Morgan fingerprint density at radius 1 is 1.24 bits per heavy atom. The van der Waals surface area contributed by atoms with Crippen molar-refractivity contribution in [3.8, 4) is 11.4 Å². The summed E-state index contributed by atoms with van der Waals surface area (Å²) >= 11 is 0. The smallest absolute Gasteiger partial charge is 0.162 e. The highest BCUT2D eigenvalue weighted by Crippen LogP contribution is 2.22. The van der Waals surface area contributed by atoms with E-state index < -0.39 is 0 Å². The Hall–Kier alpha value is -1.97. The lowest BCUT2D eigenvalue weighted by molar-refractivity contribution is 1.05. The molecule has 4 heteroatoms. The molecule has 0 aliphatic heterocycles. The normalized spacial score (nSPS) is 10.5. The summed E-state index contributed by atoms with van der Waals surface area (Å²) in [6.45, 7) is 5.97. The van der Waals surface area contributed by atoms with Crippen LogP contribution in [0.2, 0.25) is 0 Å². The minimum absolute atomic E-state index is 0.548. The Morgan fingerprint density at radius 2 is 2.00 bits per heavy atom. The summed E-state index contributed by atoms with van der Waals surface area (Å²) in [6.07, 6.45) is 4.51. The van der Waals surface area contributed by atoms with E-state index in [9.17, 15) is 0 Å². The number of aryl methyl sites for hydroxylation is 2. The van der Waals surface area contributed by atoms with Crippen LogP contribution >= 0.6 is 0 Å². The topological polar surface area (TPSA) is 64.7 Å². The molecular formula is C13H16N4. The molecule has 0 atom stereocenters. The molecule has 0 aliphatic rings. The van der Waals surface area contributed by atoms with Gasteiger partial charge >= 0.3 is 0 Å². The molecule has 0 radical (unpaired) electrons. The molecule has 0 bridgehead atoms. The molecule has 0 saturated heterocycles. The van der Waals surface area contributed by atoms with Crippen molar-refractivity contribution in [1.82, 2.24) is 15.0 Å². The number of nitrogens with zero attached hydrogens (tertiary/aromatic N) is 3. The Labute approximate surface area is 101 Å². The lowest BCUT2D eigenvalue weighted by Crippen LogP contribution is -2.03. The zero-order valence-corrected chi connectivity index (χ0v) is 10.4. The van der Waals surface area contributed by atoms with E-state index in [1.807, 2.05) is 26.1 Å². The highest BCUT2D eigenvalue weighted by atomic mass is 15.0. The van der Waals surface area contributed by atoms with Gasteiger partial charge in [-0.15, -0.1) is 0 Å². The molecule has 2 rings (SSSR count). The molecule has 0 saturated carbocycles. The minimum Gasteiger partial charge on any atom is -0.383 e. The number of anilines is 1. The third kappa shape index (κ3) is 2.11. The molecule has 0 amide bonds. The van der Waals surface area contributed by atoms with E-state index in [-0.39, 0.29) is 0 Å². The van der Waals surface area contributed by atoms with E-state index >= 15 is 0 Å². The summed E-state index contributed by atoms with van der Waals surface area (Å²) in [5, 5.41) is 0. The first-order chi connectivity index (χ1) is 8.13. The monoisotopic (exact) mass is 228 g/mol. The van der Waals surface area contributed by atoms with Crippen LogP contribution in [0.1, 0.15) is 23.7 Å². The molecular weight excluding hydrogens is 212 g/mol. The van der Waals surface area contributed by atoms with Crippen LogP contribution in [0.4, 0.5) is 5.82 Å². The number of rotatable bonds is 2. The van der Waals surface area contributed by atoms with Crippen molar-refractivity contribution in [2.45, 2.75) is 27.2 Å². The van der Waals surface area contributed by atoms with Crippen LogP contribution in [0, 0.1) is 13.8 Å². The predicted octanol–water partition coefficient (Wildman–Crippen LogP) is 2.30. The highest BCUT2D eigenvalue weighted by Gasteiger charge is 2.10. The lowest BCUT2D eigenvalue weighted by atomic mass is 10.1. The van der Waals surface area contributed by atoms with Crippen molar-refractivity contribution >= 4 is 5.82 Å². The van der Waals surface area contributed by atoms with Crippen LogP contribution in [0.25, 0.3) is 11.4 Å². The second-order valence-electron chi connectivity index (χ2n) is 4.03. The Morgan fingerprint density at radius 3 is 2.65 bits per heavy atom. The number of nitrogen functional groups attached to an aromatic ring is 1. The van der Waals surface area contributed by atoms with Gasteiger partial charge in [-0.3, -0.25) is 4.98 Å². The van der Waals surface area contributed by atoms with Crippen molar-refractivity contribution in [1.29, 1.82) is 0 Å². The third-order valence-electron chi connectivity index (χ3n) is 2.95. The maximum Gasteiger partial charge on any atom is 0.162 e. The van der Waals surface area contributed by atoms with Gasteiger partial charge in [-0.05, 0) is 31.9 Å². The molecule has 4 nitrogen and oxygen atoms in total. The van der Waals surface area contributed by atoms with Gasteiger partial charge in [-0.1, -0.05) is 6.92 Å². The molecule has 0 fully saturated rings. The van der Waals surface area contributed by atoms with Crippen molar-refractivity contribution in [2.75, 3.05) is 5.73 Å². The molecule has 2 N–H and O–H groups in total. The standard InChI is InChI=1S/C13H16N4/c1-4-10-7-15-6-5-11(10)13-16-9(3)8(2)12(14)17-13/h5-7H,4H2,1-3H3,(H2,14,16,17). The number of hydrogen-bond acceptors (Lipinski definition) is 4. The first-order valence-corrected chi connectivity index (χ1v) is 5.67. The van der Waals surface area contributed by atoms with Crippen molar-refractivity contribution in [3.63, 3.8) is 0 Å². The number of nitrogens with two attached hydrogens (primary N) is 1. The first kappa shape index (κ1) is 11.5. The minimum atomic E-state index is 0.548. The molecule has 2 heterocycles. The van der Waals surface area contributed by atoms with Crippen LogP contribution in [0.5, 0.6) is 0 Å². The predicted molar refractivity (Wildman–Crippen MR) is 68.5 cm³/mol. The van der Waals surface area contributed by atoms with E-state index in [0.29, 0.717) is 11.6 Å². The van der Waals surface area contributed by atoms with Crippen molar-refractivity contribution in [3.05, 3.63) is 35.3 Å². The van der Waals surface area contributed by atoms with Gasteiger partial charge in [0.25, 0.3) is 0 Å². The molecule has 88 valence electrons. The summed E-state index contributed by atoms with van der Waals surface area (Å²) in [7, 11) is 0. The molecule has 0 unspecified atom stereocenters. The summed E-state index contributed by atoms with van der Waals surface area (Å²) < 4.78 is 0. The largest absolute Gasteiger partial charge is 0.383 e. The average Bonchev–Trinajstić information content (AvgIpc) is 2.35. The maximum absolute atomic E-state index is 5.88. The fourth-order valence-electron chi connectivity index (χ4n) is 1.70. The van der Waals surface area contributed by atoms with E-state index in [0.717, 1.165) is 28.8 Å². The third-order valence-corrected chi connectivity index (χ3v) is 2.95. The van der Waals surface area contributed by atoms with Gasteiger partial charge in [-0.2, -0.15) is 0 Å². The second kappa shape index (κ2) is 4.49. The fourth-order valence-corrected chi connectivity index (χ4v) is 1.70. The Kier molecular flexibility index (Phi) is 3.04. The number of pyridine rings is 1. The van der Waals surface area contributed by atoms with Gasteiger partial charge in [0.05, 0.1) is 0 Å². The lowest BCUT2D eigenvalue weighted by Gasteiger charge is -2.09. The van der Waals surface area contributed by atoms with Gasteiger partial charge in [0.1, 0.15) is 5.82 Å². The molecule has 17 heavy (non-hydrogen) atoms. The second-order valence-corrected chi connectivity index (χ2v) is 4.03. The van der Waals surface area contributed by atoms with Gasteiger partial charge in [0.15, 0.2) is 5.82 Å². The fraction of sp³-hybridized carbons (Fsp3) is 0.308. The molecule has 2 aromatic heterocycles. The first-order valence-electron chi connectivity index (χ1n) is 5.67. The molecule has 0 aliphatic carbocycles. The van der Waals surface area contributed by atoms with Crippen LogP contribution in [0.3, 0.4) is 0 Å². The van der Waals surface area contributed by atoms with Crippen LogP contribution in [-0.2, 0) is 6.42 Å². The van der Waals surface area contributed by atoms with Crippen molar-refractivity contribution < 1.29 is 0 Å². The van der Waals surface area contributed by atoms with Gasteiger partial charge in [0, 0.05) is 29.2 Å². The zero-order chi connectivity index (χ0) is 12.4. The number of hydrogen-bond donors (Lipinski definition) is 1. The molecule has 0 spiro atoms. The van der Waals surface area contributed by atoms with Gasteiger partial charge < -0.3 is 5.73 Å². The van der Waals surface area contributed by atoms with Gasteiger partial charge in [0.2, 0.25) is 0 Å². The molecule has 2 aromatic rings. The van der Waals surface area contributed by atoms with E-state index in [1.165, 1.54) is 0 Å². The average molecular weight is 228 g/mol. The summed E-state index contributed by atoms with van der Waals surface area (Å²) in [5.41, 5.74) is 9.90. The maximum atomic E-state index is 5.88. The van der Waals surface area contributed by atoms with Crippen molar-refractivity contribution in [2.24, 2.45) is 0 Å². The summed E-state index contributed by atoms with van der Waals surface area (Å²) in [6, 6.07) is 1.93. The van der Waals surface area contributed by atoms with E-state index in [1.54, 1.807) is 6.20 Å². The number of aromatic nitrogens is 3. The van der Waals surface area contributed by atoms with Gasteiger partial charge in [-0.25, -0.2) is 9.97 Å². The quantitative estimate of drug-likeness (QED) is 0.856. The Balaban J connectivity index is 2.61. The Bertz CT molecular complexity index is 526.